The van der Waals surface area contributed by atoms with Crippen molar-refractivity contribution in [2.75, 3.05) is 27.0 Å². The fraction of sp³-hybridized carbons (Fsp3) is 0.429. The highest BCUT2D eigenvalue weighted by Crippen LogP contribution is 2.70. The van der Waals surface area contributed by atoms with Gasteiger partial charge in [-0.25, -0.2) is 0 Å². The number of para-hydroxylation sites is 1. The number of non-ortho nitro benzene ring substituents is 1. The Bertz CT molecular complexity index is 1810. The summed E-state index contributed by atoms with van der Waals surface area (Å²) in [6.45, 7) is 2.39. The zero-order valence-corrected chi connectivity index (χ0v) is 24.6. The van der Waals surface area contributed by atoms with Gasteiger partial charge in [0.15, 0.2) is 24.4 Å². The smallest absolute Gasteiger partial charge is 0.269 e. The Labute approximate surface area is 254 Å². The van der Waals surface area contributed by atoms with E-state index in [1.807, 2.05) is 24.3 Å². The third-order valence-electron chi connectivity index (χ3n) is 10.8. The number of fused-ring (bicyclic) bond motifs is 4. The number of piperidine rings is 1. The van der Waals surface area contributed by atoms with Crippen molar-refractivity contribution < 1.29 is 28.3 Å². The van der Waals surface area contributed by atoms with Crippen molar-refractivity contribution in [2.45, 2.75) is 61.9 Å². The summed E-state index contributed by atoms with van der Waals surface area (Å²) in [6.07, 6.45) is 4.51. The third-order valence-corrected chi connectivity index (χ3v) is 10.8. The first kappa shape index (κ1) is 26.5. The SMILES string of the molecule is COCOc1ccc2c3c1O[C@H]1c4oc5ccccc5c4C[C@@]4(OCc5cccc([N+](=O)[O-])c5)[C@@H](C2)N(CC2CC2)CC[C@]314. The highest BCUT2D eigenvalue weighted by molar-refractivity contribution is 5.84. The number of hydrogen-bond donors (Lipinski definition) is 0. The molecule has 1 saturated carbocycles. The second kappa shape index (κ2) is 9.54. The van der Waals surface area contributed by atoms with E-state index in [0.717, 1.165) is 65.5 Å². The molecule has 2 aliphatic heterocycles. The fourth-order valence-electron chi connectivity index (χ4n) is 8.86. The molecule has 4 atom stereocenters. The van der Waals surface area contributed by atoms with Crippen LogP contribution < -0.4 is 9.47 Å². The molecule has 44 heavy (non-hydrogen) atoms. The maximum Gasteiger partial charge on any atom is 0.269 e. The Balaban J connectivity index is 1.27. The van der Waals surface area contributed by atoms with Crippen LogP contribution in [0.4, 0.5) is 5.69 Å². The molecule has 3 heterocycles. The second-order valence-electron chi connectivity index (χ2n) is 13.1. The van der Waals surface area contributed by atoms with Crippen molar-refractivity contribution >= 4 is 16.7 Å². The Morgan fingerprint density at radius 3 is 2.84 bits per heavy atom. The Morgan fingerprint density at radius 2 is 2.00 bits per heavy atom. The second-order valence-corrected chi connectivity index (χ2v) is 13.1. The third kappa shape index (κ3) is 3.57. The topological polar surface area (TPSA) is 96.4 Å². The predicted molar refractivity (Wildman–Crippen MR) is 161 cm³/mol. The van der Waals surface area contributed by atoms with Crippen molar-refractivity contribution in [3.05, 3.63) is 98.8 Å². The average molecular weight is 595 g/mol. The minimum atomic E-state index is -0.660. The molecule has 1 spiro atoms. The maximum atomic E-state index is 11.6. The van der Waals surface area contributed by atoms with Gasteiger partial charge in [0.2, 0.25) is 0 Å². The Morgan fingerprint density at radius 1 is 1.11 bits per heavy atom. The van der Waals surface area contributed by atoms with Crippen LogP contribution in [0.5, 0.6) is 11.5 Å². The minimum absolute atomic E-state index is 0.0716. The molecule has 1 saturated heterocycles. The van der Waals surface area contributed by atoms with E-state index in [0.29, 0.717) is 12.2 Å². The molecule has 9 rings (SSSR count). The number of likely N-dealkylation sites (tertiary alicyclic amines) is 1. The van der Waals surface area contributed by atoms with Crippen LogP contribution in [0.3, 0.4) is 0 Å². The summed E-state index contributed by atoms with van der Waals surface area (Å²) in [5.74, 6) is 3.02. The molecular formula is C35H34N2O7. The molecule has 3 aromatic carbocycles. The number of nitro groups is 1. The summed E-state index contributed by atoms with van der Waals surface area (Å²) in [7, 11) is 1.62. The molecule has 0 radical (unpaired) electrons. The summed E-state index contributed by atoms with van der Waals surface area (Å²) in [5.41, 5.74) is 4.11. The van der Waals surface area contributed by atoms with Gasteiger partial charge in [-0.05, 0) is 61.4 Å². The van der Waals surface area contributed by atoms with Crippen molar-refractivity contribution in [3.8, 4) is 11.5 Å². The molecule has 0 N–H and O–H groups in total. The van der Waals surface area contributed by atoms with Crippen molar-refractivity contribution in [2.24, 2.45) is 5.92 Å². The number of furan rings is 1. The molecule has 9 nitrogen and oxygen atoms in total. The number of ether oxygens (including phenoxy) is 4. The molecule has 9 heteroatoms. The van der Waals surface area contributed by atoms with E-state index in [2.05, 4.69) is 23.1 Å². The van der Waals surface area contributed by atoms with E-state index in [9.17, 15) is 10.1 Å². The Hall–Kier alpha value is -3.92. The average Bonchev–Trinajstić information content (AvgIpc) is 3.68. The van der Waals surface area contributed by atoms with E-state index < -0.39 is 17.1 Å². The van der Waals surface area contributed by atoms with Gasteiger partial charge in [-0.15, -0.1) is 0 Å². The first-order chi connectivity index (χ1) is 21.5. The van der Waals surface area contributed by atoms with Crippen LogP contribution in [-0.4, -0.2) is 48.5 Å². The quantitative estimate of drug-likeness (QED) is 0.128. The lowest BCUT2D eigenvalue weighted by Gasteiger charge is -2.64. The lowest BCUT2D eigenvalue weighted by molar-refractivity contribution is -0.385. The molecule has 2 bridgehead atoms. The minimum Gasteiger partial charge on any atom is -0.477 e. The first-order valence-electron chi connectivity index (χ1n) is 15.6. The molecule has 0 unspecified atom stereocenters. The number of hydrogen-bond acceptors (Lipinski definition) is 8. The van der Waals surface area contributed by atoms with Crippen LogP contribution >= 0.6 is 0 Å². The number of nitro benzene ring substituents is 1. The fourth-order valence-corrected chi connectivity index (χ4v) is 8.86. The van der Waals surface area contributed by atoms with Crippen molar-refractivity contribution in [3.63, 3.8) is 0 Å². The van der Waals surface area contributed by atoms with E-state index in [4.69, 9.17) is 23.4 Å². The highest BCUT2D eigenvalue weighted by Gasteiger charge is 2.74. The van der Waals surface area contributed by atoms with Gasteiger partial charge in [0.1, 0.15) is 16.9 Å². The Kier molecular flexibility index (Phi) is 5.74. The van der Waals surface area contributed by atoms with Gasteiger partial charge in [0, 0.05) is 54.8 Å². The van der Waals surface area contributed by atoms with Gasteiger partial charge in [-0.3, -0.25) is 15.0 Å². The maximum absolute atomic E-state index is 11.6. The number of benzene rings is 3. The zero-order valence-electron chi connectivity index (χ0n) is 24.6. The summed E-state index contributed by atoms with van der Waals surface area (Å²) >= 11 is 0. The van der Waals surface area contributed by atoms with Crippen LogP contribution in [0.25, 0.3) is 11.0 Å². The summed E-state index contributed by atoms with van der Waals surface area (Å²) in [5, 5.41) is 12.7. The van der Waals surface area contributed by atoms with Gasteiger partial charge >= 0.3 is 0 Å². The first-order valence-corrected chi connectivity index (χ1v) is 15.6. The molecule has 5 aliphatic rings. The normalized spacial score (nSPS) is 27.9. The molecule has 226 valence electrons. The summed E-state index contributed by atoms with van der Waals surface area (Å²) < 4.78 is 32.5. The van der Waals surface area contributed by atoms with Crippen molar-refractivity contribution in [1.29, 1.82) is 0 Å². The van der Waals surface area contributed by atoms with Crippen LogP contribution in [0.1, 0.15) is 53.4 Å². The van der Waals surface area contributed by atoms with Crippen LogP contribution in [0.2, 0.25) is 0 Å². The van der Waals surface area contributed by atoms with Crippen LogP contribution in [-0.2, 0) is 34.3 Å². The predicted octanol–water partition coefficient (Wildman–Crippen LogP) is 6.25. The number of methoxy groups -OCH3 is 1. The highest BCUT2D eigenvalue weighted by atomic mass is 16.7. The molecule has 4 aromatic rings. The molecular weight excluding hydrogens is 560 g/mol. The van der Waals surface area contributed by atoms with Gasteiger partial charge in [0.25, 0.3) is 5.69 Å². The van der Waals surface area contributed by atoms with E-state index in [1.165, 1.54) is 30.0 Å². The number of rotatable bonds is 9. The van der Waals surface area contributed by atoms with Crippen LogP contribution in [0, 0.1) is 16.0 Å². The van der Waals surface area contributed by atoms with E-state index in [-0.39, 0.29) is 30.1 Å². The lowest BCUT2D eigenvalue weighted by Crippen LogP contribution is -2.75. The van der Waals surface area contributed by atoms with Crippen LogP contribution in [0.15, 0.2) is 65.1 Å². The van der Waals surface area contributed by atoms with E-state index in [1.54, 1.807) is 19.2 Å². The van der Waals surface area contributed by atoms with Gasteiger partial charge in [-0.1, -0.05) is 36.4 Å². The zero-order chi connectivity index (χ0) is 29.6. The standard InChI is InChI=1S/C35H34N2O7/c1-40-20-41-28-12-11-23-16-29-35(42-19-22-5-4-6-24(15-22)37(38)39)17-26-25-7-2-3-8-27(25)43-31(26)33-34(35,30(23)32(28)44-33)13-14-36(29)18-21-9-10-21/h2-8,11-12,15,21,29,33H,9-10,13-14,16-20H2,1H3/t29-,33+,34+,35-/m1/s1. The van der Waals surface area contributed by atoms with Gasteiger partial charge in [0.05, 0.1) is 16.9 Å². The molecule has 3 aliphatic carbocycles. The number of nitrogens with zero attached hydrogens (tertiary/aromatic N) is 2. The van der Waals surface area contributed by atoms with Gasteiger partial charge < -0.3 is 23.4 Å². The summed E-state index contributed by atoms with van der Waals surface area (Å²) in [4.78, 5) is 14.0. The molecule has 1 aromatic heterocycles. The largest absolute Gasteiger partial charge is 0.477 e. The molecule has 2 fully saturated rings. The monoisotopic (exact) mass is 594 g/mol. The summed E-state index contributed by atoms with van der Waals surface area (Å²) in [6, 6.07) is 19.4. The lowest BCUT2D eigenvalue weighted by atomic mass is 9.49. The molecule has 0 amide bonds. The van der Waals surface area contributed by atoms with Gasteiger partial charge in [-0.2, -0.15) is 0 Å². The van der Waals surface area contributed by atoms with Crippen molar-refractivity contribution in [1.82, 2.24) is 4.90 Å². The van der Waals surface area contributed by atoms with E-state index >= 15 is 0 Å².